The lowest BCUT2D eigenvalue weighted by atomic mass is 10.1. The molecule has 1 heterocycles. The lowest BCUT2D eigenvalue weighted by Crippen LogP contribution is -2.10. The third-order valence-electron chi connectivity index (χ3n) is 4.57. The van der Waals surface area contributed by atoms with Crippen LogP contribution in [0.25, 0.3) is 17.1 Å². The van der Waals surface area contributed by atoms with Gasteiger partial charge < -0.3 is 5.73 Å². The fourth-order valence-corrected chi connectivity index (χ4v) is 4.14. The number of benzene rings is 3. The molecule has 7 heteroatoms. The first-order valence-electron chi connectivity index (χ1n) is 9.31. The van der Waals surface area contributed by atoms with Crippen LogP contribution in [0.3, 0.4) is 0 Å². The quantitative estimate of drug-likeness (QED) is 0.418. The summed E-state index contributed by atoms with van der Waals surface area (Å²) in [6, 6.07) is 23.1. The van der Waals surface area contributed by atoms with Crippen LogP contribution in [-0.4, -0.2) is 20.7 Å². The number of amides is 1. The van der Waals surface area contributed by atoms with Gasteiger partial charge in [-0.15, -0.1) is 10.2 Å². The molecule has 1 amide bonds. The Morgan fingerprint density at radius 2 is 1.80 bits per heavy atom. The Morgan fingerprint density at radius 3 is 2.53 bits per heavy atom. The molecule has 0 aliphatic heterocycles. The Balaban J connectivity index is 1.72. The number of primary amides is 1. The second-order valence-electron chi connectivity index (χ2n) is 6.84. The number of halogens is 1. The lowest BCUT2D eigenvalue weighted by Gasteiger charge is -2.11. The second-order valence-corrected chi connectivity index (χ2v) is 8.22. The molecule has 0 saturated carbocycles. The van der Waals surface area contributed by atoms with Crippen LogP contribution in [0.15, 0.2) is 78.0 Å². The van der Waals surface area contributed by atoms with Crippen molar-refractivity contribution in [1.29, 1.82) is 0 Å². The summed E-state index contributed by atoms with van der Waals surface area (Å²) in [4.78, 5) is 11.5. The molecule has 0 aliphatic carbocycles. The summed E-state index contributed by atoms with van der Waals surface area (Å²) >= 11 is 7.63. The number of carbonyl (C=O) groups excluding carboxylic acids is 1. The predicted molar refractivity (Wildman–Crippen MR) is 121 cm³/mol. The minimum absolute atomic E-state index is 0.437. The minimum Gasteiger partial charge on any atom is -0.366 e. The smallest absolute Gasteiger partial charge is 0.248 e. The van der Waals surface area contributed by atoms with E-state index in [9.17, 15) is 4.79 Å². The van der Waals surface area contributed by atoms with Crippen LogP contribution in [0.2, 0.25) is 5.02 Å². The summed E-state index contributed by atoms with van der Waals surface area (Å²) in [6.45, 7) is 2.05. The average molecular weight is 435 g/mol. The molecular weight excluding hydrogens is 416 g/mol. The van der Waals surface area contributed by atoms with E-state index >= 15 is 0 Å². The van der Waals surface area contributed by atoms with Gasteiger partial charge in [-0.3, -0.25) is 9.36 Å². The Bertz CT molecular complexity index is 1200. The van der Waals surface area contributed by atoms with Gasteiger partial charge in [-0.05, 0) is 55.0 Å². The van der Waals surface area contributed by atoms with Crippen molar-refractivity contribution in [2.75, 3.05) is 0 Å². The fraction of sp³-hybridized carbons (Fsp3) is 0.0870. The Labute approximate surface area is 183 Å². The zero-order valence-corrected chi connectivity index (χ0v) is 17.8. The summed E-state index contributed by atoms with van der Waals surface area (Å²) in [6.07, 6.45) is 0. The monoisotopic (exact) mass is 434 g/mol. The first-order valence-corrected chi connectivity index (χ1v) is 10.7. The van der Waals surface area contributed by atoms with E-state index in [-0.39, 0.29) is 0 Å². The number of carbonyl (C=O) groups is 1. The van der Waals surface area contributed by atoms with E-state index in [1.54, 1.807) is 23.9 Å². The Hall–Kier alpha value is -3.09. The number of thioether (sulfide) groups is 1. The molecule has 0 fully saturated rings. The highest BCUT2D eigenvalue weighted by molar-refractivity contribution is 7.98. The molecule has 0 bridgehead atoms. The second kappa shape index (κ2) is 8.73. The maximum absolute atomic E-state index is 11.5. The maximum atomic E-state index is 11.5. The van der Waals surface area contributed by atoms with Crippen LogP contribution in [0.4, 0.5) is 0 Å². The predicted octanol–water partition coefficient (Wildman–Crippen LogP) is 5.29. The summed E-state index contributed by atoms with van der Waals surface area (Å²) in [5, 5.41) is 10.3. The van der Waals surface area contributed by atoms with Crippen molar-refractivity contribution in [3.8, 4) is 17.1 Å². The van der Waals surface area contributed by atoms with Gasteiger partial charge in [-0.2, -0.15) is 0 Å². The van der Waals surface area contributed by atoms with Crippen LogP contribution >= 0.6 is 23.4 Å². The van der Waals surface area contributed by atoms with E-state index in [2.05, 4.69) is 16.3 Å². The number of nitrogens with zero attached hydrogens (tertiary/aromatic N) is 3. The molecule has 3 aromatic carbocycles. The fourth-order valence-electron chi connectivity index (χ4n) is 3.12. The molecule has 0 atom stereocenters. The Morgan fingerprint density at radius 1 is 1.03 bits per heavy atom. The van der Waals surface area contributed by atoms with Crippen molar-refractivity contribution in [1.82, 2.24) is 14.8 Å². The van der Waals surface area contributed by atoms with Crippen molar-refractivity contribution < 1.29 is 4.79 Å². The highest BCUT2D eigenvalue weighted by atomic mass is 35.5. The molecule has 4 aromatic rings. The van der Waals surface area contributed by atoms with Crippen molar-refractivity contribution >= 4 is 29.3 Å². The number of aryl methyl sites for hydroxylation is 1. The van der Waals surface area contributed by atoms with Crippen LogP contribution < -0.4 is 5.73 Å². The molecule has 30 heavy (non-hydrogen) atoms. The van der Waals surface area contributed by atoms with E-state index in [0.29, 0.717) is 16.3 Å². The number of aromatic nitrogens is 3. The first-order chi connectivity index (χ1) is 14.5. The highest BCUT2D eigenvalue weighted by Crippen LogP contribution is 2.30. The number of rotatable bonds is 6. The molecule has 4 rings (SSSR count). The van der Waals surface area contributed by atoms with Crippen molar-refractivity contribution in [3.05, 3.63) is 94.5 Å². The van der Waals surface area contributed by atoms with Gasteiger partial charge in [0.05, 0.1) is 0 Å². The molecule has 0 unspecified atom stereocenters. The summed E-state index contributed by atoms with van der Waals surface area (Å²) < 4.78 is 2.02. The molecule has 2 N–H and O–H groups in total. The van der Waals surface area contributed by atoms with Crippen LogP contribution in [0.1, 0.15) is 21.5 Å². The number of hydrogen-bond donors (Lipinski definition) is 1. The van der Waals surface area contributed by atoms with Gasteiger partial charge in [0.15, 0.2) is 11.0 Å². The summed E-state index contributed by atoms with van der Waals surface area (Å²) in [5.74, 6) is 0.947. The van der Waals surface area contributed by atoms with Gasteiger partial charge in [0.1, 0.15) is 0 Å². The SMILES string of the molecule is Cc1cccc(-c2nnc(SCc3cccc(C(N)=O)c3)n2-c2ccc(Cl)cc2)c1. The van der Waals surface area contributed by atoms with Gasteiger partial charge in [0.25, 0.3) is 0 Å². The number of nitrogens with two attached hydrogens (primary N) is 1. The first kappa shape index (κ1) is 20.2. The molecular formula is C23H19ClN4OS. The third kappa shape index (κ3) is 4.40. The van der Waals surface area contributed by atoms with Crippen LogP contribution in [0, 0.1) is 6.92 Å². The molecule has 1 aromatic heterocycles. The molecule has 0 saturated heterocycles. The van der Waals surface area contributed by atoms with E-state index < -0.39 is 5.91 Å². The third-order valence-corrected chi connectivity index (χ3v) is 5.83. The maximum Gasteiger partial charge on any atom is 0.248 e. The van der Waals surface area contributed by atoms with Crippen molar-refractivity contribution in [2.45, 2.75) is 17.8 Å². The normalized spacial score (nSPS) is 10.9. The highest BCUT2D eigenvalue weighted by Gasteiger charge is 2.16. The molecule has 150 valence electrons. The van der Waals surface area contributed by atoms with Crippen LogP contribution in [-0.2, 0) is 5.75 Å². The van der Waals surface area contributed by atoms with Gasteiger partial charge in [-0.25, -0.2) is 0 Å². The number of hydrogen-bond acceptors (Lipinski definition) is 4. The van der Waals surface area contributed by atoms with Gasteiger partial charge >= 0.3 is 0 Å². The van der Waals surface area contributed by atoms with Gasteiger partial charge in [0, 0.05) is 27.6 Å². The van der Waals surface area contributed by atoms with E-state index in [1.807, 2.05) is 66.1 Å². The van der Waals surface area contributed by atoms with E-state index in [4.69, 9.17) is 17.3 Å². The Kier molecular flexibility index (Phi) is 5.88. The standard InChI is InChI=1S/C23H19ClN4OS/c1-15-4-2-7-18(12-15)22-26-27-23(28(22)20-10-8-19(24)9-11-20)30-14-16-5-3-6-17(13-16)21(25)29/h2-13H,14H2,1H3,(H2,25,29). The van der Waals surface area contributed by atoms with Crippen molar-refractivity contribution in [3.63, 3.8) is 0 Å². The largest absolute Gasteiger partial charge is 0.366 e. The van der Waals surface area contributed by atoms with Gasteiger partial charge in [-0.1, -0.05) is 59.3 Å². The summed E-state index contributed by atoms with van der Waals surface area (Å²) in [5.41, 5.74) is 9.94. The van der Waals surface area contributed by atoms with Crippen LogP contribution in [0.5, 0.6) is 0 Å². The summed E-state index contributed by atoms with van der Waals surface area (Å²) in [7, 11) is 0. The molecule has 5 nitrogen and oxygen atoms in total. The minimum atomic E-state index is -0.437. The molecule has 0 radical (unpaired) electrons. The lowest BCUT2D eigenvalue weighted by molar-refractivity contribution is 0.1000. The molecule has 0 spiro atoms. The zero-order valence-electron chi connectivity index (χ0n) is 16.2. The average Bonchev–Trinajstić information content (AvgIpc) is 3.17. The zero-order chi connectivity index (χ0) is 21.1. The van der Waals surface area contributed by atoms with E-state index in [0.717, 1.165) is 33.4 Å². The topological polar surface area (TPSA) is 73.8 Å². The van der Waals surface area contributed by atoms with E-state index in [1.165, 1.54) is 0 Å². The van der Waals surface area contributed by atoms with Crippen molar-refractivity contribution in [2.24, 2.45) is 5.73 Å². The van der Waals surface area contributed by atoms with Gasteiger partial charge in [0.2, 0.25) is 5.91 Å². The molecule has 0 aliphatic rings.